The molecule has 1 aliphatic rings. The summed E-state index contributed by atoms with van der Waals surface area (Å²) in [6.07, 6.45) is 3.84. The SMILES string of the molecule is CCCCOc1ccccc1C(=O)N(Cc1ccccc1F)CC1CCCO1. The van der Waals surface area contributed by atoms with E-state index >= 15 is 0 Å². The minimum absolute atomic E-state index is 0.0103. The Bertz CT molecular complexity index is 774. The fourth-order valence-electron chi connectivity index (χ4n) is 3.35. The number of ether oxygens (including phenoxy) is 2. The molecule has 1 heterocycles. The molecule has 0 radical (unpaired) electrons. The van der Waals surface area contributed by atoms with Crippen molar-refractivity contribution in [3.05, 3.63) is 65.5 Å². The number of para-hydroxylation sites is 1. The summed E-state index contributed by atoms with van der Waals surface area (Å²) in [4.78, 5) is 15.0. The lowest BCUT2D eigenvalue weighted by atomic mass is 10.1. The van der Waals surface area contributed by atoms with Crippen LogP contribution in [-0.4, -0.2) is 36.7 Å². The number of carbonyl (C=O) groups excluding carboxylic acids is 1. The van der Waals surface area contributed by atoms with E-state index in [9.17, 15) is 9.18 Å². The van der Waals surface area contributed by atoms with Gasteiger partial charge >= 0.3 is 0 Å². The first-order valence-corrected chi connectivity index (χ1v) is 10.0. The summed E-state index contributed by atoms with van der Waals surface area (Å²) in [5.41, 5.74) is 1.01. The van der Waals surface area contributed by atoms with Gasteiger partial charge in [-0.2, -0.15) is 0 Å². The van der Waals surface area contributed by atoms with Gasteiger partial charge in [0, 0.05) is 25.3 Å². The van der Waals surface area contributed by atoms with Gasteiger partial charge in [0.15, 0.2) is 0 Å². The van der Waals surface area contributed by atoms with Crippen molar-refractivity contribution in [3.8, 4) is 5.75 Å². The molecule has 0 saturated carbocycles. The van der Waals surface area contributed by atoms with Crippen LogP contribution in [0.5, 0.6) is 5.75 Å². The molecular formula is C23H28FNO3. The standard InChI is InChI=1S/C23H28FNO3/c1-2-3-14-28-22-13-7-5-11-20(22)23(26)25(17-19-10-8-15-27-19)16-18-9-4-6-12-21(18)24/h4-7,9,11-13,19H,2-3,8,10,14-17H2,1H3. The van der Waals surface area contributed by atoms with Crippen molar-refractivity contribution in [1.82, 2.24) is 4.90 Å². The molecule has 1 atom stereocenters. The van der Waals surface area contributed by atoms with Crippen LogP contribution in [-0.2, 0) is 11.3 Å². The molecule has 0 spiro atoms. The van der Waals surface area contributed by atoms with E-state index in [1.165, 1.54) is 6.07 Å². The molecule has 5 heteroatoms. The average molecular weight is 385 g/mol. The zero-order chi connectivity index (χ0) is 19.8. The van der Waals surface area contributed by atoms with Crippen LogP contribution in [0.1, 0.15) is 48.5 Å². The third-order valence-electron chi connectivity index (χ3n) is 4.93. The summed E-state index contributed by atoms with van der Waals surface area (Å²) in [6, 6.07) is 13.9. The van der Waals surface area contributed by atoms with Gasteiger partial charge in [0.2, 0.25) is 0 Å². The molecule has 28 heavy (non-hydrogen) atoms. The summed E-state index contributed by atoms with van der Waals surface area (Å²) in [5, 5.41) is 0. The van der Waals surface area contributed by atoms with E-state index < -0.39 is 0 Å². The summed E-state index contributed by atoms with van der Waals surface area (Å²) < 4.78 is 25.8. The molecule has 2 aromatic rings. The molecule has 0 aliphatic carbocycles. The predicted molar refractivity (Wildman–Crippen MR) is 107 cm³/mol. The summed E-state index contributed by atoms with van der Waals surface area (Å²) in [5.74, 6) is 0.109. The van der Waals surface area contributed by atoms with Crippen molar-refractivity contribution in [2.45, 2.75) is 45.3 Å². The van der Waals surface area contributed by atoms with Crippen LogP contribution in [0.25, 0.3) is 0 Å². The highest BCUT2D eigenvalue weighted by Gasteiger charge is 2.26. The van der Waals surface area contributed by atoms with Gasteiger partial charge in [-0.05, 0) is 37.5 Å². The van der Waals surface area contributed by atoms with Crippen LogP contribution >= 0.6 is 0 Å². The van der Waals surface area contributed by atoms with E-state index in [4.69, 9.17) is 9.47 Å². The van der Waals surface area contributed by atoms with E-state index in [1.54, 1.807) is 29.2 Å². The maximum absolute atomic E-state index is 14.2. The first-order valence-electron chi connectivity index (χ1n) is 10.0. The second-order valence-corrected chi connectivity index (χ2v) is 7.11. The molecule has 1 saturated heterocycles. The smallest absolute Gasteiger partial charge is 0.258 e. The Kier molecular flexibility index (Phi) is 7.43. The molecule has 150 valence electrons. The Hall–Kier alpha value is -2.40. The number of nitrogens with zero attached hydrogens (tertiary/aromatic N) is 1. The van der Waals surface area contributed by atoms with E-state index in [-0.39, 0.29) is 24.4 Å². The molecule has 3 rings (SSSR count). The first-order chi connectivity index (χ1) is 13.7. The number of hydrogen-bond donors (Lipinski definition) is 0. The summed E-state index contributed by atoms with van der Waals surface area (Å²) in [6.45, 7) is 4.02. The minimum Gasteiger partial charge on any atom is -0.493 e. The lowest BCUT2D eigenvalue weighted by Gasteiger charge is -2.26. The molecule has 1 amide bonds. The lowest BCUT2D eigenvalue weighted by molar-refractivity contribution is 0.0502. The van der Waals surface area contributed by atoms with Gasteiger partial charge in [0.1, 0.15) is 11.6 Å². The Labute approximate surface area is 166 Å². The topological polar surface area (TPSA) is 38.8 Å². The maximum atomic E-state index is 14.2. The molecule has 0 bridgehead atoms. The quantitative estimate of drug-likeness (QED) is 0.581. The first kappa shape index (κ1) is 20.3. The number of unbranched alkanes of at least 4 members (excludes halogenated alkanes) is 1. The number of amides is 1. The van der Waals surface area contributed by atoms with E-state index in [2.05, 4.69) is 6.92 Å². The zero-order valence-electron chi connectivity index (χ0n) is 16.4. The van der Waals surface area contributed by atoms with Crippen molar-refractivity contribution in [3.63, 3.8) is 0 Å². The largest absolute Gasteiger partial charge is 0.493 e. The fraction of sp³-hybridized carbons (Fsp3) is 0.435. The molecular weight excluding hydrogens is 357 g/mol. The third kappa shape index (κ3) is 5.32. The number of rotatable bonds is 9. The van der Waals surface area contributed by atoms with Gasteiger partial charge < -0.3 is 14.4 Å². The normalized spacial score (nSPS) is 16.1. The van der Waals surface area contributed by atoms with Gasteiger partial charge in [-0.3, -0.25) is 4.79 Å². The van der Waals surface area contributed by atoms with Crippen LogP contribution in [0.15, 0.2) is 48.5 Å². The van der Waals surface area contributed by atoms with Crippen molar-refractivity contribution in [2.24, 2.45) is 0 Å². The van der Waals surface area contributed by atoms with Crippen molar-refractivity contribution < 1.29 is 18.7 Å². The Morgan fingerprint density at radius 2 is 2.00 bits per heavy atom. The number of hydrogen-bond acceptors (Lipinski definition) is 3. The third-order valence-corrected chi connectivity index (χ3v) is 4.93. The van der Waals surface area contributed by atoms with Crippen molar-refractivity contribution in [2.75, 3.05) is 19.8 Å². The summed E-state index contributed by atoms with van der Waals surface area (Å²) >= 11 is 0. The van der Waals surface area contributed by atoms with Gasteiger partial charge in [-0.25, -0.2) is 4.39 Å². The minimum atomic E-state index is -0.305. The van der Waals surface area contributed by atoms with Crippen LogP contribution in [0, 0.1) is 5.82 Å². The van der Waals surface area contributed by atoms with E-state index in [1.807, 2.05) is 18.2 Å². The zero-order valence-corrected chi connectivity index (χ0v) is 16.4. The van der Waals surface area contributed by atoms with Crippen LogP contribution in [0.2, 0.25) is 0 Å². The van der Waals surface area contributed by atoms with Crippen LogP contribution in [0.4, 0.5) is 4.39 Å². The van der Waals surface area contributed by atoms with Gasteiger partial charge in [-0.15, -0.1) is 0 Å². The van der Waals surface area contributed by atoms with E-state index in [0.29, 0.717) is 36.6 Å². The average Bonchev–Trinajstić information content (AvgIpc) is 3.22. The Morgan fingerprint density at radius 1 is 1.21 bits per heavy atom. The highest BCUT2D eigenvalue weighted by Crippen LogP contribution is 2.24. The van der Waals surface area contributed by atoms with Crippen molar-refractivity contribution in [1.29, 1.82) is 0 Å². The highest BCUT2D eigenvalue weighted by molar-refractivity contribution is 5.97. The number of carbonyl (C=O) groups is 1. The molecule has 2 aromatic carbocycles. The number of benzene rings is 2. The second kappa shape index (κ2) is 10.2. The molecule has 4 nitrogen and oxygen atoms in total. The molecule has 0 N–H and O–H groups in total. The molecule has 1 unspecified atom stereocenters. The van der Waals surface area contributed by atoms with Crippen LogP contribution in [0.3, 0.4) is 0 Å². The van der Waals surface area contributed by atoms with Crippen LogP contribution < -0.4 is 4.74 Å². The molecule has 0 aromatic heterocycles. The Balaban J connectivity index is 1.82. The highest BCUT2D eigenvalue weighted by atomic mass is 19.1. The predicted octanol–water partition coefficient (Wildman–Crippen LogP) is 4.83. The summed E-state index contributed by atoms with van der Waals surface area (Å²) in [7, 11) is 0. The van der Waals surface area contributed by atoms with E-state index in [0.717, 1.165) is 25.7 Å². The lowest BCUT2D eigenvalue weighted by Crippen LogP contribution is -2.37. The second-order valence-electron chi connectivity index (χ2n) is 7.11. The van der Waals surface area contributed by atoms with Gasteiger partial charge in [0.25, 0.3) is 5.91 Å². The maximum Gasteiger partial charge on any atom is 0.258 e. The van der Waals surface area contributed by atoms with Crippen molar-refractivity contribution >= 4 is 5.91 Å². The Morgan fingerprint density at radius 3 is 2.75 bits per heavy atom. The van der Waals surface area contributed by atoms with Gasteiger partial charge in [-0.1, -0.05) is 43.7 Å². The monoisotopic (exact) mass is 385 g/mol. The van der Waals surface area contributed by atoms with Gasteiger partial charge in [0.05, 0.1) is 18.3 Å². The molecule has 1 fully saturated rings. The molecule has 1 aliphatic heterocycles. The number of halogens is 1. The fourth-order valence-corrected chi connectivity index (χ4v) is 3.35.